The van der Waals surface area contributed by atoms with E-state index in [1.54, 1.807) is 0 Å². The summed E-state index contributed by atoms with van der Waals surface area (Å²) in [4.78, 5) is 2.33. The van der Waals surface area contributed by atoms with Gasteiger partial charge in [-0.2, -0.15) is 0 Å². The first kappa shape index (κ1) is 22.2. The van der Waals surface area contributed by atoms with E-state index >= 15 is 0 Å². The van der Waals surface area contributed by atoms with Gasteiger partial charge in [0.1, 0.15) is 0 Å². The number of allylic oxidation sites excluding steroid dienone is 1. The maximum absolute atomic E-state index is 11.2. The van der Waals surface area contributed by atoms with Crippen molar-refractivity contribution in [2.75, 3.05) is 0 Å². The Hall–Kier alpha value is -2.45. The van der Waals surface area contributed by atoms with E-state index < -0.39 is 6.10 Å². The van der Waals surface area contributed by atoms with Gasteiger partial charge < -0.3 is 0 Å². The van der Waals surface area contributed by atoms with Crippen molar-refractivity contribution in [2.24, 2.45) is 5.92 Å². The predicted molar refractivity (Wildman–Crippen MR) is 127 cm³/mol. The summed E-state index contributed by atoms with van der Waals surface area (Å²) in [6.45, 7) is 7.54. The monoisotopic (exact) mass is 463 g/mol. The van der Waals surface area contributed by atoms with Gasteiger partial charge in [-0.25, -0.2) is 0 Å². The molecule has 0 aromatic heterocycles. The molecule has 0 bridgehead atoms. The van der Waals surface area contributed by atoms with E-state index in [9.17, 15) is 5.11 Å². The Bertz CT molecular complexity index is 896. The molecular weight excluding hydrogens is 433 g/mol. The average Bonchev–Trinajstić information content (AvgIpc) is 2.78. The molecule has 0 aliphatic carbocycles. The predicted octanol–water partition coefficient (Wildman–Crippen LogP) is 5.22. The molecular formula is C27H29NOSe. The molecule has 154 valence electrons. The fraction of sp³-hybridized carbons (Fsp3) is 0.222. The van der Waals surface area contributed by atoms with E-state index in [4.69, 9.17) is 0 Å². The molecule has 0 aliphatic rings. The summed E-state index contributed by atoms with van der Waals surface area (Å²) in [5, 5.41) is 11.2. The zero-order valence-electron chi connectivity index (χ0n) is 17.4. The number of nitrogens with zero attached hydrogens (tertiary/aromatic N) is 1. The van der Waals surface area contributed by atoms with Crippen LogP contribution in [-0.2, 0) is 13.1 Å². The van der Waals surface area contributed by atoms with Crippen molar-refractivity contribution in [3.63, 3.8) is 0 Å². The van der Waals surface area contributed by atoms with Crippen molar-refractivity contribution >= 4 is 20.1 Å². The van der Waals surface area contributed by atoms with Gasteiger partial charge >= 0.3 is 188 Å². The zero-order valence-corrected chi connectivity index (χ0v) is 19.2. The Morgan fingerprint density at radius 3 is 1.87 bits per heavy atom. The quantitative estimate of drug-likeness (QED) is 0.330. The summed E-state index contributed by atoms with van der Waals surface area (Å²) >= 11 is 3.30. The molecule has 1 N–H and O–H groups in total. The summed E-state index contributed by atoms with van der Waals surface area (Å²) in [6.07, 6.45) is 1.98. The molecule has 0 unspecified atom stereocenters. The molecule has 0 amide bonds. The minimum absolute atomic E-state index is 0.0855. The number of rotatable bonds is 10. The second kappa shape index (κ2) is 11.1. The molecule has 0 spiro atoms. The Morgan fingerprint density at radius 1 is 0.900 bits per heavy atom. The summed E-state index contributed by atoms with van der Waals surface area (Å²) < 4.78 is 1.05. The van der Waals surface area contributed by atoms with Crippen molar-refractivity contribution in [3.05, 3.63) is 120 Å². The fourth-order valence-corrected chi connectivity index (χ4v) is 4.34. The van der Waals surface area contributed by atoms with Crippen LogP contribution in [0.2, 0.25) is 0 Å². The summed E-state index contributed by atoms with van der Waals surface area (Å²) in [7, 11) is 0. The van der Waals surface area contributed by atoms with E-state index in [1.807, 2.05) is 42.5 Å². The van der Waals surface area contributed by atoms with Crippen LogP contribution in [0.3, 0.4) is 0 Å². The molecule has 2 atom stereocenters. The molecule has 3 aromatic carbocycles. The van der Waals surface area contributed by atoms with Gasteiger partial charge in [-0.1, -0.05) is 0 Å². The first-order valence-corrected chi connectivity index (χ1v) is 11.2. The number of hydrogen-bond acceptors (Lipinski definition) is 2. The van der Waals surface area contributed by atoms with E-state index in [0.29, 0.717) is 6.42 Å². The molecule has 0 aliphatic heterocycles. The van der Waals surface area contributed by atoms with Gasteiger partial charge in [0.2, 0.25) is 0 Å². The van der Waals surface area contributed by atoms with Crippen LogP contribution in [0.1, 0.15) is 34.8 Å². The second-order valence-corrected chi connectivity index (χ2v) is 8.53. The van der Waals surface area contributed by atoms with Crippen LogP contribution in [0.15, 0.2) is 97.6 Å². The van der Waals surface area contributed by atoms with Crippen LogP contribution in [-0.4, -0.2) is 30.1 Å². The molecule has 3 heteroatoms. The third-order valence-corrected chi connectivity index (χ3v) is 6.46. The first-order valence-electron chi connectivity index (χ1n) is 10.3. The SMILES string of the molecule is C=CC[C@H](C(=[Se])N(Cc1ccccc1)Cc1ccccc1)[C@H](O)c1ccc(C)cc1. The van der Waals surface area contributed by atoms with E-state index in [-0.39, 0.29) is 5.92 Å². The summed E-state index contributed by atoms with van der Waals surface area (Å²) in [5.74, 6) is -0.0855. The van der Waals surface area contributed by atoms with Crippen molar-refractivity contribution in [3.8, 4) is 0 Å². The Balaban J connectivity index is 1.88. The molecule has 30 heavy (non-hydrogen) atoms. The van der Waals surface area contributed by atoms with Crippen molar-refractivity contribution in [2.45, 2.75) is 32.5 Å². The van der Waals surface area contributed by atoms with Crippen LogP contribution in [0.4, 0.5) is 0 Å². The molecule has 0 heterocycles. The standard InChI is InChI=1S/C27H29NOSe/c1-3-10-25(26(29)24-17-15-21(2)16-18-24)27(30)28(19-22-11-6-4-7-12-22)20-23-13-8-5-9-14-23/h3-9,11-18,25-26,29H,1,10,19-20H2,2H3/t25-,26+/m0/s1. The average molecular weight is 462 g/mol. The normalized spacial score (nSPS) is 12.7. The second-order valence-electron chi connectivity index (χ2n) is 7.65. The van der Waals surface area contributed by atoms with E-state index in [1.165, 1.54) is 16.7 Å². The summed E-state index contributed by atoms with van der Waals surface area (Å²) in [6, 6.07) is 29.0. The van der Waals surface area contributed by atoms with Crippen LogP contribution in [0.25, 0.3) is 0 Å². The Morgan fingerprint density at radius 2 is 1.40 bits per heavy atom. The van der Waals surface area contributed by atoms with Crippen LogP contribution < -0.4 is 0 Å². The van der Waals surface area contributed by atoms with Gasteiger partial charge in [0, 0.05) is 0 Å². The molecule has 0 radical (unpaired) electrons. The van der Waals surface area contributed by atoms with Gasteiger partial charge in [-0.05, 0) is 0 Å². The number of aryl methyl sites for hydroxylation is 1. The number of benzene rings is 3. The maximum atomic E-state index is 11.2. The zero-order chi connectivity index (χ0) is 21.3. The third kappa shape index (κ3) is 6.03. The molecule has 0 saturated heterocycles. The topological polar surface area (TPSA) is 23.5 Å². The third-order valence-electron chi connectivity index (χ3n) is 5.28. The fourth-order valence-electron chi connectivity index (χ4n) is 3.59. The van der Waals surface area contributed by atoms with Gasteiger partial charge in [0.15, 0.2) is 0 Å². The van der Waals surface area contributed by atoms with E-state index in [2.05, 4.69) is 82.5 Å². The molecule has 2 nitrogen and oxygen atoms in total. The van der Waals surface area contributed by atoms with Crippen LogP contribution in [0.5, 0.6) is 0 Å². The van der Waals surface area contributed by atoms with Gasteiger partial charge in [0.05, 0.1) is 0 Å². The van der Waals surface area contributed by atoms with Crippen LogP contribution in [0, 0.1) is 12.8 Å². The van der Waals surface area contributed by atoms with Crippen molar-refractivity contribution in [1.29, 1.82) is 0 Å². The van der Waals surface area contributed by atoms with Gasteiger partial charge in [0.25, 0.3) is 0 Å². The van der Waals surface area contributed by atoms with Crippen molar-refractivity contribution < 1.29 is 5.11 Å². The number of aliphatic hydroxyl groups excluding tert-OH is 1. The Kier molecular flexibility index (Phi) is 8.21. The van der Waals surface area contributed by atoms with E-state index in [0.717, 1.165) is 23.2 Å². The molecule has 3 aromatic rings. The Labute approximate surface area is 188 Å². The minimum atomic E-state index is -0.603. The number of aliphatic hydroxyl groups is 1. The first-order chi connectivity index (χ1) is 14.6. The summed E-state index contributed by atoms with van der Waals surface area (Å²) in [5.41, 5.74) is 4.60. The van der Waals surface area contributed by atoms with Crippen LogP contribution >= 0.6 is 0 Å². The van der Waals surface area contributed by atoms with Gasteiger partial charge in [-0.15, -0.1) is 0 Å². The van der Waals surface area contributed by atoms with Crippen molar-refractivity contribution in [1.82, 2.24) is 4.90 Å². The number of hydrogen-bond donors (Lipinski definition) is 1. The molecule has 3 rings (SSSR count). The molecule has 0 fully saturated rings. The van der Waals surface area contributed by atoms with Gasteiger partial charge in [-0.3, -0.25) is 0 Å². The molecule has 0 saturated carbocycles.